The van der Waals surface area contributed by atoms with Gasteiger partial charge in [0.25, 0.3) is 5.91 Å². The first-order valence-corrected chi connectivity index (χ1v) is 11.5. The van der Waals surface area contributed by atoms with Crippen LogP contribution in [0.25, 0.3) is 0 Å². The number of amides is 2. The van der Waals surface area contributed by atoms with E-state index in [1.807, 2.05) is 50.2 Å². The average Bonchev–Trinajstić information content (AvgIpc) is 2.82. The molecular formula is C27H28ClFN2O3. The molecule has 178 valence electrons. The SMILES string of the molecule is CC(C)NC(=O)[C@@H](Cc1ccccc1)N(Cc1ccccc1Cl)C(=O)COc1ccccc1F. The summed E-state index contributed by atoms with van der Waals surface area (Å²) in [6, 6.07) is 21.6. The molecule has 0 unspecified atom stereocenters. The third-order valence-corrected chi connectivity index (χ3v) is 5.56. The molecule has 7 heteroatoms. The van der Waals surface area contributed by atoms with Crippen LogP contribution in [0.2, 0.25) is 5.02 Å². The summed E-state index contributed by atoms with van der Waals surface area (Å²) in [5, 5.41) is 3.40. The standard InChI is InChI=1S/C27H28ClFN2O3/c1-19(2)30-27(33)24(16-20-10-4-3-5-11-20)31(17-21-12-6-7-13-22(21)28)26(32)18-34-25-15-9-8-14-23(25)29/h3-15,19,24H,16-18H2,1-2H3,(H,30,33)/t24-/m1/s1. The molecule has 3 aromatic carbocycles. The molecule has 0 aliphatic heterocycles. The lowest BCUT2D eigenvalue weighted by molar-refractivity contribution is -0.143. The van der Waals surface area contributed by atoms with E-state index in [4.69, 9.17) is 16.3 Å². The van der Waals surface area contributed by atoms with E-state index >= 15 is 0 Å². The van der Waals surface area contributed by atoms with E-state index in [1.54, 1.807) is 30.3 Å². The van der Waals surface area contributed by atoms with Crippen molar-refractivity contribution in [3.8, 4) is 5.75 Å². The molecular weight excluding hydrogens is 455 g/mol. The van der Waals surface area contributed by atoms with Crippen LogP contribution in [0.3, 0.4) is 0 Å². The second-order valence-corrected chi connectivity index (χ2v) is 8.61. The van der Waals surface area contributed by atoms with Crippen molar-refractivity contribution in [2.45, 2.75) is 38.9 Å². The highest BCUT2D eigenvalue weighted by Crippen LogP contribution is 2.21. The molecule has 0 saturated carbocycles. The Morgan fingerprint density at radius 3 is 2.29 bits per heavy atom. The zero-order valence-corrected chi connectivity index (χ0v) is 20.0. The fourth-order valence-corrected chi connectivity index (χ4v) is 3.72. The van der Waals surface area contributed by atoms with Crippen LogP contribution in [0.4, 0.5) is 4.39 Å². The minimum atomic E-state index is -0.821. The maximum atomic E-state index is 14.0. The highest BCUT2D eigenvalue weighted by molar-refractivity contribution is 6.31. The van der Waals surface area contributed by atoms with Crippen molar-refractivity contribution in [3.05, 3.63) is 101 Å². The molecule has 0 aliphatic carbocycles. The monoisotopic (exact) mass is 482 g/mol. The quantitative estimate of drug-likeness (QED) is 0.441. The van der Waals surface area contributed by atoms with E-state index in [0.717, 1.165) is 5.56 Å². The zero-order valence-electron chi connectivity index (χ0n) is 19.2. The molecule has 0 saturated heterocycles. The molecule has 1 atom stereocenters. The van der Waals surface area contributed by atoms with Gasteiger partial charge in [-0.3, -0.25) is 9.59 Å². The van der Waals surface area contributed by atoms with Gasteiger partial charge in [-0.2, -0.15) is 0 Å². The van der Waals surface area contributed by atoms with Gasteiger partial charge in [-0.15, -0.1) is 0 Å². The molecule has 3 aromatic rings. The van der Waals surface area contributed by atoms with Crippen molar-refractivity contribution in [3.63, 3.8) is 0 Å². The van der Waals surface area contributed by atoms with Gasteiger partial charge in [0.05, 0.1) is 0 Å². The van der Waals surface area contributed by atoms with Crippen molar-refractivity contribution in [1.29, 1.82) is 0 Å². The average molecular weight is 483 g/mol. The highest BCUT2D eigenvalue weighted by atomic mass is 35.5. The number of carbonyl (C=O) groups excluding carboxylic acids is 2. The molecule has 0 aromatic heterocycles. The Hall–Kier alpha value is -3.38. The summed E-state index contributed by atoms with van der Waals surface area (Å²) in [6.07, 6.45) is 0.301. The molecule has 0 fully saturated rings. The van der Waals surface area contributed by atoms with E-state index < -0.39 is 24.4 Å². The van der Waals surface area contributed by atoms with Crippen LogP contribution < -0.4 is 10.1 Å². The summed E-state index contributed by atoms with van der Waals surface area (Å²) in [7, 11) is 0. The van der Waals surface area contributed by atoms with E-state index in [0.29, 0.717) is 17.0 Å². The van der Waals surface area contributed by atoms with Gasteiger partial charge in [-0.1, -0.05) is 72.3 Å². The molecule has 0 spiro atoms. The van der Waals surface area contributed by atoms with Gasteiger partial charge in [-0.25, -0.2) is 4.39 Å². The van der Waals surface area contributed by atoms with Crippen LogP contribution in [-0.4, -0.2) is 35.4 Å². The second kappa shape index (κ2) is 12.2. The second-order valence-electron chi connectivity index (χ2n) is 8.20. The van der Waals surface area contributed by atoms with Crippen molar-refractivity contribution >= 4 is 23.4 Å². The Bertz CT molecular complexity index is 1110. The van der Waals surface area contributed by atoms with Crippen molar-refractivity contribution in [1.82, 2.24) is 10.2 Å². The van der Waals surface area contributed by atoms with Crippen molar-refractivity contribution < 1.29 is 18.7 Å². The minimum Gasteiger partial charge on any atom is -0.481 e. The molecule has 5 nitrogen and oxygen atoms in total. The van der Waals surface area contributed by atoms with Gasteiger partial charge >= 0.3 is 0 Å². The smallest absolute Gasteiger partial charge is 0.261 e. The van der Waals surface area contributed by atoms with Crippen molar-refractivity contribution in [2.75, 3.05) is 6.61 Å². The summed E-state index contributed by atoms with van der Waals surface area (Å²) in [4.78, 5) is 28.1. The van der Waals surface area contributed by atoms with Gasteiger partial charge in [0.15, 0.2) is 18.2 Å². The number of hydrogen-bond donors (Lipinski definition) is 1. The number of ether oxygens (including phenoxy) is 1. The largest absolute Gasteiger partial charge is 0.481 e. The predicted octanol–water partition coefficient (Wildman–Crippen LogP) is 5.02. The van der Waals surface area contributed by atoms with Gasteiger partial charge < -0.3 is 15.0 Å². The number of hydrogen-bond acceptors (Lipinski definition) is 3. The summed E-state index contributed by atoms with van der Waals surface area (Å²) in [6.45, 7) is 3.39. The first-order valence-electron chi connectivity index (χ1n) is 11.1. The maximum Gasteiger partial charge on any atom is 0.261 e. The van der Waals surface area contributed by atoms with Crippen LogP contribution in [0.5, 0.6) is 5.75 Å². The summed E-state index contributed by atoms with van der Waals surface area (Å²) in [5.74, 6) is -1.33. The van der Waals surface area contributed by atoms with E-state index in [9.17, 15) is 14.0 Å². The lowest BCUT2D eigenvalue weighted by atomic mass is 10.0. The first-order chi connectivity index (χ1) is 16.3. The topological polar surface area (TPSA) is 58.6 Å². The van der Waals surface area contributed by atoms with Crippen LogP contribution in [0.1, 0.15) is 25.0 Å². The molecule has 3 rings (SSSR count). The number of halogens is 2. The fraction of sp³-hybridized carbons (Fsp3) is 0.259. The third-order valence-electron chi connectivity index (χ3n) is 5.19. The number of nitrogens with one attached hydrogen (secondary N) is 1. The minimum absolute atomic E-state index is 0.0280. The molecule has 0 aliphatic rings. The summed E-state index contributed by atoms with van der Waals surface area (Å²) >= 11 is 6.38. The Kier molecular flexibility index (Phi) is 9.05. The molecule has 1 N–H and O–H groups in total. The molecule has 34 heavy (non-hydrogen) atoms. The zero-order chi connectivity index (χ0) is 24.5. The number of rotatable bonds is 10. The lowest BCUT2D eigenvalue weighted by Crippen LogP contribution is -2.52. The Labute approximate surface area is 204 Å². The van der Waals surface area contributed by atoms with E-state index in [-0.39, 0.29) is 24.2 Å². The predicted molar refractivity (Wildman–Crippen MR) is 131 cm³/mol. The van der Waals surface area contributed by atoms with Crippen LogP contribution in [0, 0.1) is 5.82 Å². The number of para-hydroxylation sites is 1. The third kappa shape index (κ3) is 7.06. The molecule has 0 bridgehead atoms. The number of nitrogens with zero attached hydrogens (tertiary/aromatic N) is 1. The van der Waals surface area contributed by atoms with E-state index in [2.05, 4.69) is 5.32 Å². The molecule has 2 amide bonds. The summed E-state index contributed by atoms with van der Waals surface area (Å²) in [5.41, 5.74) is 1.59. The normalized spacial score (nSPS) is 11.7. The van der Waals surface area contributed by atoms with Gasteiger partial charge in [0.1, 0.15) is 6.04 Å². The number of benzene rings is 3. The van der Waals surface area contributed by atoms with Crippen LogP contribution in [-0.2, 0) is 22.6 Å². The van der Waals surface area contributed by atoms with Crippen molar-refractivity contribution in [2.24, 2.45) is 0 Å². The fourth-order valence-electron chi connectivity index (χ4n) is 3.53. The lowest BCUT2D eigenvalue weighted by Gasteiger charge is -2.32. The summed E-state index contributed by atoms with van der Waals surface area (Å²) < 4.78 is 19.5. The van der Waals surface area contributed by atoms with E-state index in [1.165, 1.54) is 17.0 Å². The van der Waals surface area contributed by atoms with Gasteiger partial charge in [0, 0.05) is 24.0 Å². The maximum absolute atomic E-state index is 14.0. The Balaban J connectivity index is 1.93. The molecule has 0 heterocycles. The van der Waals surface area contributed by atoms with Gasteiger partial charge in [-0.05, 0) is 43.2 Å². The Morgan fingerprint density at radius 2 is 1.62 bits per heavy atom. The van der Waals surface area contributed by atoms with Crippen LogP contribution in [0.15, 0.2) is 78.9 Å². The van der Waals surface area contributed by atoms with Gasteiger partial charge in [0.2, 0.25) is 5.91 Å². The number of carbonyl (C=O) groups is 2. The first kappa shape index (κ1) is 25.2. The Morgan fingerprint density at radius 1 is 0.971 bits per heavy atom. The highest BCUT2D eigenvalue weighted by Gasteiger charge is 2.31. The van der Waals surface area contributed by atoms with Crippen LogP contribution >= 0.6 is 11.6 Å². The molecule has 0 radical (unpaired) electrons.